The van der Waals surface area contributed by atoms with Crippen LogP contribution < -0.4 is 5.32 Å². The highest BCUT2D eigenvalue weighted by Crippen LogP contribution is 2.38. The predicted molar refractivity (Wildman–Crippen MR) is 82.9 cm³/mol. The van der Waals surface area contributed by atoms with Crippen LogP contribution >= 0.6 is 0 Å². The van der Waals surface area contributed by atoms with E-state index in [4.69, 9.17) is 0 Å². The molecule has 2 fully saturated rings. The number of hydrogen-bond donors (Lipinski definition) is 2. The van der Waals surface area contributed by atoms with Crippen molar-refractivity contribution in [2.24, 2.45) is 5.92 Å². The first-order chi connectivity index (χ1) is 9.74. The van der Waals surface area contributed by atoms with Gasteiger partial charge in [-0.3, -0.25) is 0 Å². The van der Waals surface area contributed by atoms with Crippen molar-refractivity contribution < 1.29 is 5.11 Å². The van der Waals surface area contributed by atoms with Crippen LogP contribution in [-0.2, 0) is 0 Å². The second kappa shape index (κ2) is 6.28. The molecule has 2 atom stereocenters. The zero-order chi connectivity index (χ0) is 13.9. The van der Waals surface area contributed by atoms with Crippen LogP contribution in [0.3, 0.4) is 0 Å². The lowest BCUT2D eigenvalue weighted by atomic mass is 9.74. The molecule has 2 heteroatoms. The van der Waals surface area contributed by atoms with Crippen LogP contribution in [0.1, 0.15) is 55.6 Å². The van der Waals surface area contributed by atoms with Gasteiger partial charge in [-0.05, 0) is 55.6 Å². The normalized spacial score (nSPS) is 33.7. The third-order valence-electron chi connectivity index (χ3n) is 5.30. The SMILES string of the molecule is Cc1ccccc1C1CC(NCC2CCCCC2O)C1. The molecule has 2 aliphatic rings. The molecule has 0 spiro atoms. The van der Waals surface area contributed by atoms with Crippen LogP contribution in [0.4, 0.5) is 0 Å². The van der Waals surface area contributed by atoms with Gasteiger partial charge in [-0.2, -0.15) is 0 Å². The lowest BCUT2D eigenvalue weighted by molar-refractivity contribution is 0.0655. The Morgan fingerprint density at radius 3 is 2.65 bits per heavy atom. The maximum Gasteiger partial charge on any atom is 0.0580 e. The van der Waals surface area contributed by atoms with Crippen LogP contribution in [0.25, 0.3) is 0 Å². The maximum atomic E-state index is 10.00. The van der Waals surface area contributed by atoms with E-state index < -0.39 is 0 Å². The van der Waals surface area contributed by atoms with Crippen LogP contribution in [0.2, 0.25) is 0 Å². The second-order valence-electron chi connectivity index (χ2n) is 6.74. The minimum atomic E-state index is -0.0662. The number of aryl methyl sites for hydroxylation is 1. The molecule has 0 aromatic heterocycles. The van der Waals surface area contributed by atoms with Gasteiger partial charge >= 0.3 is 0 Å². The Morgan fingerprint density at radius 2 is 1.90 bits per heavy atom. The van der Waals surface area contributed by atoms with E-state index in [1.165, 1.54) is 43.2 Å². The lowest BCUT2D eigenvalue weighted by Crippen LogP contribution is -2.44. The number of rotatable bonds is 4. The van der Waals surface area contributed by atoms with Crippen molar-refractivity contribution in [3.05, 3.63) is 35.4 Å². The number of aliphatic hydroxyl groups excluding tert-OH is 1. The molecule has 20 heavy (non-hydrogen) atoms. The van der Waals surface area contributed by atoms with Gasteiger partial charge in [-0.1, -0.05) is 37.1 Å². The summed E-state index contributed by atoms with van der Waals surface area (Å²) in [6, 6.07) is 9.43. The third-order valence-corrected chi connectivity index (χ3v) is 5.30. The van der Waals surface area contributed by atoms with E-state index >= 15 is 0 Å². The standard InChI is InChI=1S/C18H27NO/c1-13-6-2-4-8-17(13)15-10-16(11-15)19-12-14-7-3-5-9-18(14)20/h2,4,6,8,14-16,18-20H,3,5,7,9-12H2,1H3. The Hall–Kier alpha value is -0.860. The summed E-state index contributed by atoms with van der Waals surface area (Å²) in [4.78, 5) is 0. The van der Waals surface area contributed by atoms with Crippen LogP contribution in [-0.4, -0.2) is 23.8 Å². The molecule has 1 aromatic carbocycles. The molecule has 0 bridgehead atoms. The summed E-state index contributed by atoms with van der Waals surface area (Å²) >= 11 is 0. The molecule has 0 aliphatic heterocycles. The number of nitrogens with one attached hydrogen (secondary N) is 1. The molecule has 0 radical (unpaired) electrons. The molecule has 1 aromatic rings. The molecule has 0 heterocycles. The number of benzene rings is 1. The fourth-order valence-corrected chi connectivity index (χ4v) is 3.83. The highest BCUT2D eigenvalue weighted by Gasteiger charge is 2.32. The first-order valence-corrected chi connectivity index (χ1v) is 8.21. The summed E-state index contributed by atoms with van der Waals surface area (Å²) < 4.78 is 0. The average Bonchev–Trinajstić information content (AvgIpc) is 2.41. The predicted octanol–water partition coefficient (Wildman–Crippen LogP) is 3.38. The van der Waals surface area contributed by atoms with Crippen LogP contribution in [0, 0.1) is 12.8 Å². The summed E-state index contributed by atoms with van der Waals surface area (Å²) in [5.41, 5.74) is 2.96. The van der Waals surface area contributed by atoms with Gasteiger partial charge in [0.25, 0.3) is 0 Å². The van der Waals surface area contributed by atoms with E-state index in [-0.39, 0.29) is 6.10 Å². The van der Waals surface area contributed by atoms with Gasteiger partial charge in [0.2, 0.25) is 0 Å². The fraction of sp³-hybridized carbons (Fsp3) is 0.667. The van der Waals surface area contributed by atoms with Crippen LogP contribution in [0.5, 0.6) is 0 Å². The van der Waals surface area contributed by atoms with Gasteiger partial charge in [0.1, 0.15) is 0 Å². The summed E-state index contributed by atoms with van der Waals surface area (Å²) in [5, 5.41) is 13.7. The Labute approximate surface area is 122 Å². The molecule has 0 amide bonds. The second-order valence-corrected chi connectivity index (χ2v) is 6.74. The Balaban J connectivity index is 1.43. The Morgan fingerprint density at radius 1 is 1.15 bits per heavy atom. The van der Waals surface area contributed by atoms with Gasteiger partial charge in [-0.25, -0.2) is 0 Å². The highest BCUT2D eigenvalue weighted by molar-refractivity contribution is 5.31. The highest BCUT2D eigenvalue weighted by atomic mass is 16.3. The average molecular weight is 273 g/mol. The van der Waals surface area contributed by atoms with Crippen molar-refractivity contribution >= 4 is 0 Å². The minimum Gasteiger partial charge on any atom is -0.393 e. The van der Waals surface area contributed by atoms with Crippen molar-refractivity contribution in [1.82, 2.24) is 5.32 Å². The van der Waals surface area contributed by atoms with Crippen molar-refractivity contribution in [2.75, 3.05) is 6.54 Å². The summed E-state index contributed by atoms with van der Waals surface area (Å²) in [7, 11) is 0. The summed E-state index contributed by atoms with van der Waals surface area (Å²) in [6.45, 7) is 3.22. The van der Waals surface area contributed by atoms with Crippen molar-refractivity contribution in [3.63, 3.8) is 0 Å². The zero-order valence-electron chi connectivity index (χ0n) is 12.5. The zero-order valence-corrected chi connectivity index (χ0v) is 12.5. The largest absolute Gasteiger partial charge is 0.393 e. The Bertz CT molecular complexity index is 439. The van der Waals surface area contributed by atoms with E-state index in [0.29, 0.717) is 12.0 Å². The third kappa shape index (κ3) is 3.07. The minimum absolute atomic E-state index is 0.0662. The van der Waals surface area contributed by atoms with Crippen LogP contribution in [0.15, 0.2) is 24.3 Å². The summed E-state index contributed by atoms with van der Waals surface area (Å²) in [5.74, 6) is 1.23. The maximum absolute atomic E-state index is 10.00. The van der Waals surface area contributed by atoms with Gasteiger partial charge in [-0.15, -0.1) is 0 Å². The van der Waals surface area contributed by atoms with E-state index in [1.807, 2.05) is 0 Å². The van der Waals surface area contributed by atoms with Crippen molar-refractivity contribution in [1.29, 1.82) is 0 Å². The quantitative estimate of drug-likeness (QED) is 0.881. The monoisotopic (exact) mass is 273 g/mol. The van der Waals surface area contributed by atoms with E-state index in [1.54, 1.807) is 0 Å². The molecule has 2 saturated carbocycles. The Kier molecular flexibility index (Phi) is 4.42. The molecule has 2 N–H and O–H groups in total. The number of aliphatic hydroxyl groups is 1. The molecular weight excluding hydrogens is 246 g/mol. The first kappa shape index (κ1) is 14.1. The molecule has 2 unspecified atom stereocenters. The van der Waals surface area contributed by atoms with Gasteiger partial charge in [0.15, 0.2) is 0 Å². The topological polar surface area (TPSA) is 32.3 Å². The molecule has 2 aliphatic carbocycles. The number of hydrogen-bond acceptors (Lipinski definition) is 2. The van der Waals surface area contributed by atoms with Gasteiger partial charge in [0.05, 0.1) is 6.10 Å². The fourth-order valence-electron chi connectivity index (χ4n) is 3.83. The summed E-state index contributed by atoms with van der Waals surface area (Å²) in [6.07, 6.45) is 7.14. The van der Waals surface area contributed by atoms with E-state index in [2.05, 4.69) is 36.5 Å². The molecule has 2 nitrogen and oxygen atoms in total. The molecule has 3 rings (SSSR count). The first-order valence-electron chi connectivity index (χ1n) is 8.21. The molecular formula is C18H27NO. The smallest absolute Gasteiger partial charge is 0.0580 e. The lowest BCUT2D eigenvalue weighted by Gasteiger charge is -2.39. The van der Waals surface area contributed by atoms with E-state index in [0.717, 1.165) is 18.9 Å². The van der Waals surface area contributed by atoms with E-state index in [9.17, 15) is 5.11 Å². The van der Waals surface area contributed by atoms with Gasteiger partial charge < -0.3 is 10.4 Å². The van der Waals surface area contributed by atoms with Gasteiger partial charge in [0, 0.05) is 12.6 Å². The molecule has 110 valence electrons. The van der Waals surface area contributed by atoms with Crippen molar-refractivity contribution in [2.45, 2.75) is 63.5 Å². The molecule has 0 saturated heterocycles. The van der Waals surface area contributed by atoms with Crippen molar-refractivity contribution in [3.8, 4) is 0 Å².